The fraction of sp³-hybridized carbons (Fsp3) is 0.0833. The van der Waals surface area contributed by atoms with E-state index in [4.69, 9.17) is 9.47 Å². The number of halogens is 1. The van der Waals surface area contributed by atoms with Crippen molar-refractivity contribution in [2.24, 2.45) is 0 Å². The average Bonchev–Trinajstić information content (AvgIpc) is 2.76. The van der Waals surface area contributed by atoms with E-state index in [0.29, 0.717) is 18.1 Å². The Morgan fingerprint density at radius 1 is 0.759 bits per heavy atom. The number of allylic oxidation sites excluding steroid dienone is 2. The van der Waals surface area contributed by atoms with Crippen molar-refractivity contribution in [1.29, 1.82) is 0 Å². The van der Waals surface area contributed by atoms with Gasteiger partial charge < -0.3 is 9.47 Å². The predicted molar refractivity (Wildman–Crippen MR) is 114 cm³/mol. The number of rotatable bonds is 6. The van der Waals surface area contributed by atoms with Gasteiger partial charge in [-0.05, 0) is 33.1 Å². The highest BCUT2D eigenvalue weighted by atomic mass is 79.9. The Morgan fingerprint density at radius 3 is 1.97 bits per heavy atom. The van der Waals surface area contributed by atoms with Gasteiger partial charge in [0.05, 0.1) is 10.0 Å². The molecule has 0 bridgehead atoms. The minimum absolute atomic E-state index is 0.220. The quantitative estimate of drug-likeness (QED) is 0.499. The van der Waals surface area contributed by atoms with E-state index in [9.17, 15) is 9.59 Å². The third-order valence-electron chi connectivity index (χ3n) is 4.53. The van der Waals surface area contributed by atoms with Crippen LogP contribution in [0.2, 0.25) is 0 Å². The molecular formula is C24H17BrO4. The monoisotopic (exact) mass is 448 g/mol. The molecule has 4 rings (SSSR count). The number of benzene rings is 3. The second kappa shape index (κ2) is 8.45. The smallest absolute Gasteiger partial charge is 0.204 e. The first-order valence-corrected chi connectivity index (χ1v) is 9.89. The molecule has 0 atom stereocenters. The predicted octanol–water partition coefficient (Wildman–Crippen LogP) is 5.50. The normalized spacial score (nSPS) is 12.9. The number of carbonyl (C=O) groups excluding carboxylic acids is 2. The van der Waals surface area contributed by atoms with Crippen molar-refractivity contribution in [3.05, 3.63) is 106 Å². The molecule has 0 radical (unpaired) electrons. The molecular weight excluding hydrogens is 432 g/mol. The van der Waals surface area contributed by atoms with Crippen LogP contribution in [-0.2, 0) is 13.2 Å². The summed E-state index contributed by atoms with van der Waals surface area (Å²) in [5, 5.41) is 0. The first kappa shape index (κ1) is 19.2. The van der Waals surface area contributed by atoms with Gasteiger partial charge in [-0.15, -0.1) is 0 Å². The van der Waals surface area contributed by atoms with Crippen LogP contribution in [0.25, 0.3) is 0 Å². The maximum Gasteiger partial charge on any atom is 0.204 e. The molecule has 0 fully saturated rings. The molecule has 0 unspecified atom stereocenters. The fourth-order valence-electron chi connectivity index (χ4n) is 3.07. The van der Waals surface area contributed by atoms with E-state index in [1.807, 2.05) is 60.7 Å². The summed E-state index contributed by atoms with van der Waals surface area (Å²) in [4.78, 5) is 25.2. The van der Waals surface area contributed by atoms with Crippen LogP contribution < -0.4 is 9.47 Å². The minimum atomic E-state index is -0.280. The van der Waals surface area contributed by atoms with Gasteiger partial charge in [-0.3, -0.25) is 9.59 Å². The third-order valence-corrected chi connectivity index (χ3v) is 5.12. The van der Waals surface area contributed by atoms with Crippen LogP contribution in [0.3, 0.4) is 0 Å². The molecule has 0 heterocycles. The molecule has 0 aliphatic heterocycles. The van der Waals surface area contributed by atoms with E-state index < -0.39 is 0 Å². The van der Waals surface area contributed by atoms with Crippen molar-refractivity contribution < 1.29 is 19.1 Å². The lowest BCUT2D eigenvalue weighted by molar-refractivity contribution is 0.0987. The summed E-state index contributed by atoms with van der Waals surface area (Å²) in [5.41, 5.74) is 2.50. The first-order valence-electron chi connectivity index (χ1n) is 9.09. The largest absolute Gasteiger partial charge is 0.489 e. The highest BCUT2D eigenvalue weighted by Gasteiger charge is 2.29. The van der Waals surface area contributed by atoms with Gasteiger partial charge >= 0.3 is 0 Å². The molecule has 3 aromatic rings. The standard InChI is InChI=1S/C24H17BrO4/c25-20-13-21(26)19-11-18(28-14-16-7-3-1-4-8-16)12-22(23(19)24(20)27)29-15-17-9-5-2-6-10-17/h1-13H,14-15H2. The topological polar surface area (TPSA) is 52.6 Å². The van der Waals surface area contributed by atoms with Gasteiger partial charge in [0.2, 0.25) is 5.78 Å². The number of Topliss-reactive ketones (excluding diaryl/α,β-unsaturated/α-hetero) is 1. The molecule has 0 amide bonds. The molecule has 0 spiro atoms. The zero-order chi connectivity index (χ0) is 20.2. The molecule has 1 aliphatic carbocycles. The highest BCUT2D eigenvalue weighted by molar-refractivity contribution is 9.12. The van der Waals surface area contributed by atoms with Crippen molar-refractivity contribution in [3.63, 3.8) is 0 Å². The van der Waals surface area contributed by atoms with E-state index in [1.54, 1.807) is 12.1 Å². The number of fused-ring (bicyclic) bond motifs is 1. The average molecular weight is 449 g/mol. The Bertz CT molecular complexity index is 1090. The second-order valence-electron chi connectivity index (χ2n) is 6.58. The highest BCUT2D eigenvalue weighted by Crippen LogP contribution is 2.36. The lowest BCUT2D eigenvalue weighted by atomic mass is 9.93. The molecule has 3 aromatic carbocycles. The number of ether oxygens (including phenoxy) is 2. The van der Waals surface area contributed by atoms with Gasteiger partial charge in [0, 0.05) is 17.7 Å². The van der Waals surface area contributed by atoms with E-state index in [0.717, 1.165) is 11.1 Å². The molecule has 5 heteroatoms. The Labute approximate surface area is 176 Å². The second-order valence-corrected chi connectivity index (χ2v) is 7.43. The van der Waals surface area contributed by atoms with Crippen molar-refractivity contribution in [2.45, 2.75) is 13.2 Å². The van der Waals surface area contributed by atoms with Crippen LogP contribution in [-0.4, -0.2) is 11.6 Å². The summed E-state index contributed by atoms with van der Waals surface area (Å²) < 4.78 is 12.1. The van der Waals surface area contributed by atoms with Crippen molar-refractivity contribution in [1.82, 2.24) is 0 Å². The summed E-state index contributed by atoms with van der Waals surface area (Å²) >= 11 is 3.18. The summed E-state index contributed by atoms with van der Waals surface area (Å²) in [6, 6.07) is 22.6. The van der Waals surface area contributed by atoms with Crippen LogP contribution in [0.5, 0.6) is 11.5 Å². The number of hydrogen-bond donors (Lipinski definition) is 0. The number of hydrogen-bond acceptors (Lipinski definition) is 4. The summed E-state index contributed by atoms with van der Waals surface area (Å²) in [6.07, 6.45) is 1.28. The third kappa shape index (κ3) is 4.30. The summed E-state index contributed by atoms with van der Waals surface area (Å²) in [6.45, 7) is 0.623. The molecule has 0 saturated carbocycles. The SMILES string of the molecule is O=C1C=C(Br)C(=O)c2c(OCc3ccccc3)cc(OCc3ccccc3)cc21. The minimum Gasteiger partial charge on any atom is -0.489 e. The molecule has 29 heavy (non-hydrogen) atoms. The fourth-order valence-corrected chi connectivity index (χ4v) is 3.48. The van der Waals surface area contributed by atoms with Gasteiger partial charge in [0.15, 0.2) is 5.78 Å². The summed E-state index contributed by atoms with van der Waals surface area (Å²) in [7, 11) is 0. The van der Waals surface area contributed by atoms with Gasteiger partial charge in [0.25, 0.3) is 0 Å². The number of ketones is 2. The first-order chi connectivity index (χ1) is 14.1. The van der Waals surface area contributed by atoms with Crippen LogP contribution in [0.1, 0.15) is 31.8 Å². The lowest BCUT2D eigenvalue weighted by Gasteiger charge is -2.19. The van der Waals surface area contributed by atoms with E-state index >= 15 is 0 Å². The van der Waals surface area contributed by atoms with Crippen LogP contribution >= 0.6 is 15.9 Å². The Hall–Kier alpha value is -3.18. The maximum atomic E-state index is 12.7. The van der Waals surface area contributed by atoms with Crippen molar-refractivity contribution >= 4 is 27.5 Å². The van der Waals surface area contributed by atoms with Crippen LogP contribution in [0.15, 0.2) is 83.4 Å². The Kier molecular flexibility index (Phi) is 5.58. The van der Waals surface area contributed by atoms with E-state index in [2.05, 4.69) is 15.9 Å². The van der Waals surface area contributed by atoms with Gasteiger partial charge in [-0.25, -0.2) is 0 Å². The van der Waals surface area contributed by atoms with Gasteiger partial charge in [-0.1, -0.05) is 60.7 Å². The maximum absolute atomic E-state index is 12.7. The molecule has 0 N–H and O–H groups in total. The van der Waals surface area contributed by atoms with Crippen molar-refractivity contribution in [2.75, 3.05) is 0 Å². The van der Waals surface area contributed by atoms with E-state index in [1.165, 1.54) is 6.08 Å². The van der Waals surface area contributed by atoms with Gasteiger partial charge in [-0.2, -0.15) is 0 Å². The van der Waals surface area contributed by atoms with Gasteiger partial charge in [0.1, 0.15) is 24.7 Å². The lowest BCUT2D eigenvalue weighted by Crippen LogP contribution is -2.16. The van der Waals surface area contributed by atoms with Crippen LogP contribution in [0, 0.1) is 0 Å². The molecule has 1 aliphatic rings. The Balaban J connectivity index is 1.66. The molecule has 144 valence electrons. The van der Waals surface area contributed by atoms with Crippen molar-refractivity contribution in [3.8, 4) is 11.5 Å². The Morgan fingerprint density at radius 2 is 1.34 bits per heavy atom. The van der Waals surface area contributed by atoms with Crippen LogP contribution in [0.4, 0.5) is 0 Å². The molecule has 4 nitrogen and oxygen atoms in total. The zero-order valence-electron chi connectivity index (χ0n) is 15.4. The zero-order valence-corrected chi connectivity index (χ0v) is 17.0. The number of carbonyl (C=O) groups is 2. The van der Waals surface area contributed by atoms with E-state index in [-0.39, 0.29) is 33.8 Å². The molecule has 0 saturated heterocycles. The summed E-state index contributed by atoms with van der Waals surface area (Å²) in [5.74, 6) is 0.263. The molecule has 0 aromatic heterocycles.